The van der Waals surface area contributed by atoms with Gasteiger partial charge in [0.25, 0.3) is 0 Å². The highest BCUT2D eigenvalue weighted by Gasteiger charge is 2.38. The Labute approximate surface area is 234 Å². The molecule has 3 aromatic rings. The Hall–Kier alpha value is -4.06. The van der Waals surface area contributed by atoms with Crippen LogP contribution in [0, 0.1) is 25.6 Å². The fraction of sp³-hybridized carbons (Fsp3) is 0.379. The summed E-state index contributed by atoms with van der Waals surface area (Å²) < 4.78 is 52.5. The van der Waals surface area contributed by atoms with Gasteiger partial charge in [-0.3, -0.25) is 9.69 Å². The number of aromatic nitrogens is 2. The molecular formula is C29H31F4N3O5. The highest BCUT2D eigenvalue weighted by atomic mass is 19.4. The number of carboxylic acids is 2. The Kier molecular flexibility index (Phi) is 10.4. The van der Waals surface area contributed by atoms with Gasteiger partial charge in [-0.05, 0) is 43.0 Å². The maximum atomic E-state index is 14.9. The molecule has 2 N–H and O–H groups in total. The number of aliphatic carboxylic acids is 2. The predicted octanol–water partition coefficient (Wildman–Crippen LogP) is 5.58. The fourth-order valence-electron chi connectivity index (χ4n) is 4.40. The van der Waals surface area contributed by atoms with Gasteiger partial charge in [-0.2, -0.15) is 13.2 Å². The van der Waals surface area contributed by atoms with E-state index in [4.69, 9.17) is 19.7 Å². The number of aryl methyl sites for hydroxylation is 2. The summed E-state index contributed by atoms with van der Waals surface area (Å²) in [7, 11) is 0. The highest BCUT2D eigenvalue weighted by Crippen LogP contribution is 2.27. The van der Waals surface area contributed by atoms with Crippen LogP contribution < -0.4 is 4.74 Å². The molecule has 0 bridgehead atoms. The van der Waals surface area contributed by atoms with Gasteiger partial charge in [0, 0.05) is 50.3 Å². The molecule has 0 saturated carbocycles. The highest BCUT2D eigenvalue weighted by molar-refractivity contribution is 5.73. The lowest BCUT2D eigenvalue weighted by atomic mass is 10.0. The van der Waals surface area contributed by atoms with E-state index in [-0.39, 0.29) is 12.3 Å². The third-order valence-corrected chi connectivity index (χ3v) is 6.42. The van der Waals surface area contributed by atoms with Crippen molar-refractivity contribution in [3.05, 3.63) is 76.4 Å². The quantitative estimate of drug-likeness (QED) is 0.334. The molecule has 0 radical (unpaired) electrons. The van der Waals surface area contributed by atoms with Crippen LogP contribution in [0.1, 0.15) is 41.3 Å². The lowest BCUT2D eigenvalue weighted by Gasteiger charge is -2.29. The van der Waals surface area contributed by atoms with Crippen LogP contribution in [-0.4, -0.2) is 56.3 Å². The first-order valence-electron chi connectivity index (χ1n) is 12.8. The number of ether oxygens (including phenoxy) is 1. The molecule has 0 fully saturated rings. The number of carboxylic acid groups (broad SMARTS) is 2. The van der Waals surface area contributed by atoms with Crippen LogP contribution in [-0.2, 0) is 29.2 Å². The first-order chi connectivity index (χ1) is 19.2. The molecule has 2 heterocycles. The van der Waals surface area contributed by atoms with Gasteiger partial charge in [0.2, 0.25) is 0 Å². The lowest BCUT2D eigenvalue weighted by molar-refractivity contribution is -0.192. The summed E-state index contributed by atoms with van der Waals surface area (Å²) in [4.78, 5) is 31.1. The summed E-state index contributed by atoms with van der Waals surface area (Å²) >= 11 is 0. The van der Waals surface area contributed by atoms with Crippen LogP contribution in [0.25, 0.3) is 11.4 Å². The SMILES string of the molecule is Cc1ccc(COc2ccc(-c3ncc4c(n3)CCN(CC(C)CC(=O)O)C4)c(F)c2)c(C)c1.O=C(O)C(F)(F)F. The molecule has 8 nitrogen and oxygen atoms in total. The van der Waals surface area contributed by atoms with E-state index in [0.29, 0.717) is 36.8 Å². The van der Waals surface area contributed by atoms with Crippen molar-refractivity contribution < 1.29 is 42.1 Å². The number of hydrogen-bond donors (Lipinski definition) is 2. The largest absolute Gasteiger partial charge is 0.490 e. The third kappa shape index (κ3) is 9.24. The summed E-state index contributed by atoms with van der Waals surface area (Å²) in [5.74, 6) is -3.05. The van der Waals surface area contributed by atoms with Crippen LogP contribution in [0.5, 0.6) is 5.75 Å². The minimum absolute atomic E-state index is 0.0731. The average Bonchev–Trinajstić information content (AvgIpc) is 2.87. The van der Waals surface area contributed by atoms with Gasteiger partial charge in [0.15, 0.2) is 5.82 Å². The summed E-state index contributed by atoms with van der Waals surface area (Å²) in [6.45, 7) is 8.59. The van der Waals surface area contributed by atoms with Crippen LogP contribution in [0.15, 0.2) is 42.6 Å². The topological polar surface area (TPSA) is 113 Å². The van der Waals surface area contributed by atoms with E-state index in [1.54, 1.807) is 18.3 Å². The van der Waals surface area contributed by atoms with E-state index < -0.39 is 23.9 Å². The van der Waals surface area contributed by atoms with Crippen molar-refractivity contribution in [2.75, 3.05) is 13.1 Å². The van der Waals surface area contributed by atoms with Crippen molar-refractivity contribution in [2.45, 2.75) is 52.9 Å². The summed E-state index contributed by atoms with van der Waals surface area (Å²) in [5.41, 5.74) is 5.68. The molecule has 1 atom stereocenters. The Bertz CT molecular complexity index is 1400. The zero-order valence-corrected chi connectivity index (χ0v) is 22.8. The van der Waals surface area contributed by atoms with Crippen LogP contribution in [0.4, 0.5) is 17.6 Å². The van der Waals surface area contributed by atoms with Crippen molar-refractivity contribution in [3.63, 3.8) is 0 Å². The third-order valence-electron chi connectivity index (χ3n) is 6.42. The predicted molar refractivity (Wildman–Crippen MR) is 142 cm³/mol. The number of nitrogens with zero attached hydrogens (tertiary/aromatic N) is 3. The zero-order valence-electron chi connectivity index (χ0n) is 22.8. The molecule has 1 aliphatic heterocycles. The van der Waals surface area contributed by atoms with Gasteiger partial charge in [-0.1, -0.05) is 30.7 Å². The van der Waals surface area contributed by atoms with Crippen LogP contribution in [0.2, 0.25) is 0 Å². The molecule has 4 rings (SSSR count). The van der Waals surface area contributed by atoms with Gasteiger partial charge < -0.3 is 14.9 Å². The summed E-state index contributed by atoms with van der Waals surface area (Å²) in [5, 5.41) is 16.1. The number of hydrogen-bond acceptors (Lipinski definition) is 6. The van der Waals surface area contributed by atoms with E-state index in [1.807, 2.05) is 32.9 Å². The first kappa shape index (κ1) is 31.5. The molecule has 0 aliphatic carbocycles. The van der Waals surface area contributed by atoms with Crippen molar-refractivity contribution >= 4 is 11.9 Å². The molecule has 0 spiro atoms. The molecule has 1 aliphatic rings. The molecule has 41 heavy (non-hydrogen) atoms. The fourth-order valence-corrected chi connectivity index (χ4v) is 4.40. The van der Waals surface area contributed by atoms with Crippen molar-refractivity contribution in [1.82, 2.24) is 14.9 Å². The van der Waals surface area contributed by atoms with E-state index in [2.05, 4.69) is 20.9 Å². The molecule has 12 heteroatoms. The minimum atomic E-state index is -5.08. The normalized spacial score (nSPS) is 13.9. The number of halogens is 4. The molecule has 2 aromatic carbocycles. The maximum absolute atomic E-state index is 14.9. The number of benzene rings is 2. The summed E-state index contributed by atoms with van der Waals surface area (Å²) in [6.07, 6.45) is -2.44. The second kappa shape index (κ2) is 13.5. The number of fused-ring (bicyclic) bond motifs is 1. The lowest BCUT2D eigenvalue weighted by Crippen LogP contribution is -2.35. The standard InChI is InChI=1S/C27H30FN3O3.C2HF3O2/c1-17-4-5-20(19(3)10-17)16-34-22-6-7-23(24(28)12-22)27-29-13-21-15-31(9-8-25(21)30-27)14-18(2)11-26(32)33;3-2(4,5)1(6)7/h4-7,10,12-13,18H,8-9,11,14-16H2,1-3H3,(H,32,33);(H,6,7). The molecule has 1 unspecified atom stereocenters. The maximum Gasteiger partial charge on any atom is 0.490 e. The van der Waals surface area contributed by atoms with E-state index in [1.165, 1.54) is 11.6 Å². The number of alkyl halides is 3. The second-order valence-electron chi connectivity index (χ2n) is 10.0. The number of rotatable bonds is 8. The van der Waals surface area contributed by atoms with Crippen molar-refractivity contribution in [1.29, 1.82) is 0 Å². The summed E-state index contributed by atoms with van der Waals surface area (Å²) in [6, 6.07) is 11.0. The Balaban J connectivity index is 0.000000587. The van der Waals surface area contributed by atoms with Crippen molar-refractivity contribution in [3.8, 4) is 17.1 Å². The van der Waals surface area contributed by atoms with E-state index in [0.717, 1.165) is 35.3 Å². The van der Waals surface area contributed by atoms with Gasteiger partial charge in [-0.25, -0.2) is 19.2 Å². The molecule has 1 aromatic heterocycles. The molecule has 220 valence electrons. The Morgan fingerprint density at radius 2 is 1.83 bits per heavy atom. The number of carbonyl (C=O) groups is 2. The molecular weight excluding hydrogens is 546 g/mol. The first-order valence-corrected chi connectivity index (χ1v) is 12.8. The zero-order chi connectivity index (χ0) is 30.3. The van der Waals surface area contributed by atoms with E-state index >= 15 is 0 Å². The smallest absolute Gasteiger partial charge is 0.489 e. The monoisotopic (exact) mass is 577 g/mol. The Morgan fingerprint density at radius 1 is 1.12 bits per heavy atom. The van der Waals surface area contributed by atoms with Gasteiger partial charge in [-0.15, -0.1) is 0 Å². The second-order valence-corrected chi connectivity index (χ2v) is 10.0. The van der Waals surface area contributed by atoms with Gasteiger partial charge in [0.1, 0.15) is 18.2 Å². The van der Waals surface area contributed by atoms with E-state index in [9.17, 15) is 22.4 Å². The molecule has 0 saturated heterocycles. The van der Waals surface area contributed by atoms with Crippen LogP contribution in [0.3, 0.4) is 0 Å². The molecule has 0 amide bonds. The Morgan fingerprint density at radius 3 is 2.44 bits per heavy atom. The van der Waals surface area contributed by atoms with Crippen molar-refractivity contribution in [2.24, 2.45) is 5.92 Å². The van der Waals surface area contributed by atoms with Crippen LogP contribution >= 0.6 is 0 Å². The average molecular weight is 578 g/mol. The minimum Gasteiger partial charge on any atom is -0.489 e. The van der Waals surface area contributed by atoms with Gasteiger partial charge >= 0.3 is 18.1 Å². The van der Waals surface area contributed by atoms with Gasteiger partial charge in [0.05, 0.1) is 11.3 Å².